The number of halogens is 3. The van der Waals surface area contributed by atoms with Crippen LogP contribution in [0.5, 0.6) is 17.5 Å². The number of aliphatic carboxylic acids is 1. The first-order chi connectivity index (χ1) is 24.6. The number of aromatic nitrogens is 3. The normalized spacial score (nSPS) is 14.5. The molecule has 0 saturated heterocycles. The molecule has 0 spiro atoms. The summed E-state index contributed by atoms with van der Waals surface area (Å²) in [6.07, 6.45) is -2.43. The van der Waals surface area contributed by atoms with Crippen molar-refractivity contribution in [2.24, 2.45) is 0 Å². The fourth-order valence-corrected chi connectivity index (χ4v) is 4.68. The van der Waals surface area contributed by atoms with E-state index in [9.17, 15) is 32.7 Å². The lowest BCUT2D eigenvalue weighted by Crippen LogP contribution is -2.43. The minimum Gasteiger partial charge on any atom is -0.494 e. The van der Waals surface area contributed by atoms with Gasteiger partial charge in [0.05, 0.1) is 18.8 Å². The van der Waals surface area contributed by atoms with Crippen LogP contribution in [0.25, 0.3) is 0 Å². The van der Waals surface area contributed by atoms with Gasteiger partial charge in [0, 0.05) is 24.8 Å². The molecule has 3 aromatic rings. The van der Waals surface area contributed by atoms with Gasteiger partial charge in [-0.2, -0.15) is 28.1 Å². The first-order valence-corrected chi connectivity index (χ1v) is 16.6. The van der Waals surface area contributed by atoms with E-state index >= 15 is 0 Å². The van der Waals surface area contributed by atoms with Crippen LogP contribution in [0.4, 0.5) is 35.5 Å². The van der Waals surface area contributed by atoms with E-state index in [-0.39, 0.29) is 49.3 Å². The molecule has 3 heterocycles. The summed E-state index contributed by atoms with van der Waals surface area (Å²) in [5, 5.41) is 20.6. The van der Waals surface area contributed by atoms with Crippen LogP contribution in [0.15, 0.2) is 42.5 Å². The van der Waals surface area contributed by atoms with Gasteiger partial charge in [0.1, 0.15) is 23.1 Å². The van der Waals surface area contributed by atoms with Gasteiger partial charge in [-0.15, -0.1) is 0 Å². The van der Waals surface area contributed by atoms with Crippen LogP contribution in [-0.2, 0) is 16.1 Å². The number of rotatable bonds is 8. The van der Waals surface area contributed by atoms with E-state index in [1.54, 1.807) is 20.8 Å². The lowest BCUT2D eigenvalue weighted by Gasteiger charge is -2.20. The monoisotopic (exact) mass is 733 g/mol. The molecule has 1 atom stereocenters. The Hall–Kier alpha value is -5.55. The van der Waals surface area contributed by atoms with E-state index in [1.807, 2.05) is 24.3 Å². The Kier molecular flexibility index (Phi) is 13.7. The standard InChI is InChI=1S/C34H42F3N7O8/c1-33(2,3)52-32(48)38-15-14-25(28(46)47)41-27(45)24-13-10-22-18-26(24)50-17-7-5-4-6-16-49-23-11-8-21(9-12-23)19-39-29-42-30(40-22)44-31(43-29)51-20-34(35,36)37/h8-13,18,25H,4-7,14-17,19-20H2,1-3H3,(H,38,48)(H,41,45)(H,46,47)(H2,39,40,42,43,44). The van der Waals surface area contributed by atoms with Crippen LogP contribution in [0, 0.1) is 0 Å². The Morgan fingerprint density at radius 1 is 0.942 bits per heavy atom. The molecular weight excluding hydrogens is 691 g/mol. The maximum Gasteiger partial charge on any atom is 0.422 e. The Morgan fingerprint density at radius 2 is 1.63 bits per heavy atom. The highest BCUT2D eigenvalue weighted by atomic mass is 19.4. The van der Waals surface area contributed by atoms with Gasteiger partial charge in [-0.25, -0.2) is 9.59 Å². The zero-order valence-electron chi connectivity index (χ0n) is 29.0. The number of hydrogen-bond acceptors (Lipinski definition) is 12. The zero-order valence-corrected chi connectivity index (χ0v) is 29.0. The van der Waals surface area contributed by atoms with E-state index < -0.39 is 48.4 Å². The largest absolute Gasteiger partial charge is 0.494 e. The summed E-state index contributed by atoms with van der Waals surface area (Å²) in [7, 11) is 0. The highest BCUT2D eigenvalue weighted by molar-refractivity contribution is 5.99. The van der Waals surface area contributed by atoms with Crippen molar-refractivity contribution in [1.29, 1.82) is 0 Å². The lowest BCUT2D eigenvalue weighted by molar-refractivity contribution is -0.154. The number of carboxylic acids is 1. The van der Waals surface area contributed by atoms with Crippen LogP contribution < -0.4 is 35.5 Å². The predicted octanol–water partition coefficient (Wildman–Crippen LogP) is 5.60. The fraction of sp³-hybridized carbons (Fsp3) is 0.471. The van der Waals surface area contributed by atoms with Gasteiger partial charge in [0.15, 0.2) is 6.61 Å². The van der Waals surface area contributed by atoms with Gasteiger partial charge in [0.25, 0.3) is 5.91 Å². The van der Waals surface area contributed by atoms with Crippen molar-refractivity contribution < 1.29 is 51.6 Å². The van der Waals surface area contributed by atoms with E-state index in [0.717, 1.165) is 24.8 Å². The number of alkyl carbamates (subject to hydrolysis) is 1. The van der Waals surface area contributed by atoms with Gasteiger partial charge in [-0.05, 0) is 82.7 Å². The topological polar surface area (TPSA) is 195 Å². The highest BCUT2D eigenvalue weighted by Crippen LogP contribution is 2.27. The number of nitrogens with zero attached hydrogens (tertiary/aromatic N) is 3. The number of carboxylic acid groups (broad SMARTS) is 1. The third-order valence-corrected chi connectivity index (χ3v) is 7.11. The van der Waals surface area contributed by atoms with Crippen molar-refractivity contribution >= 4 is 35.6 Å². The summed E-state index contributed by atoms with van der Waals surface area (Å²) >= 11 is 0. The van der Waals surface area contributed by atoms with Crippen molar-refractivity contribution in [2.75, 3.05) is 37.0 Å². The van der Waals surface area contributed by atoms with Crippen LogP contribution in [0.3, 0.4) is 0 Å². The third kappa shape index (κ3) is 13.6. The Balaban J connectivity index is 1.57. The molecule has 1 unspecified atom stereocenters. The number of carbonyl (C=O) groups is 3. The summed E-state index contributed by atoms with van der Waals surface area (Å²) in [6, 6.07) is 9.65. The molecule has 2 aliphatic heterocycles. The SMILES string of the molecule is CC(C)(C)OC(=O)NCCC(NC(=O)c1ccc2cc1OCCCCCCOc1ccc(cc1)CNc1nc(nc(OCC(F)(F)F)n1)N2)C(=O)O. The molecule has 1 aromatic heterocycles. The molecule has 15 nitrogen and oxygen atoms in total. The summed E-state index contributed by atoms with van der Waals surface area (Å²) < 4.78 is 60.7. The molecule has 0 aliphatic carbocycles. The van der Waals surface area contributed by atoms with Gasteiger partial charge in [-0.1, -0.05) is 12.1 Å². The fourth-order valence-electron chi connectivity index (χ4n) is 4.68. The van der Waals surface area contributed by atoms with Crippen molar-refractivity contribution in [1.82, 2.24) is 25.6 Å². The number of carbonyl (C=O) groups excluding carboxylic acids is 2. The van der Waals surface area contributed by atoms with Crippen molar-refractivity contribution in [2.45, 2.75) is 77.2 Å². The Morgan fingerprint density at radius 3 is 2.31 bits per heavy atom. The quantitative estimate of drug-likeness (QED) is 0.192. The molecule has 0 radical (unpaired) electrons. The molecule has 52 heavy (non-hydrogen) atoms. The van der Waals surface area contributed by atoms with Crippen LogP contribution in [0.1, 0.15) is 68.8 Å². The lowest BCUT2D eigenvalue weighted by atomic mass is 10.1. The number of alkyl halides is 3. The van der Waals surface area contributed by atoms with Gasteiger partial charge in [0.2, 0.25) is 11.9 Å². The van der Waals surface area contributed by atoms with Crippen molar-refractivity contribution in [3.63, 3.8) is 0 Å². The minimum absolute atomic E-state index is 0.0143. The van der Waals surface area contributed by atoms with Crippen LogP contribution in [-0.4, -0.2) is 82.2 Å². The number of anilines is 3. The summed E-state index contributed by atoms with van der Waals surface area (Å²) in [5.41, 5.74) is 0.383. The first kappa shape index (κ1) is 39.2. The van der Waals surface area contributed by atoms with Gasteiger partial charge < -0.3 is 45.3 Å². The molecule has 5 N–H and O–H groups in total. The molecule has 5 rings (SSSR count). The van der Waals surface area contributed by atoms with Gasteiger partial charge in [-0.3, -0.25) is 4.79 Å². The van der Waals surface area contributed by atoms with Crippen LogP contribution in [0.2, 0.25) is 0 Å². The number of hydrogen-bond donors (Lipinski definition) is 5. The maximum atomic E-state index is 13.4. The third-order valence-electron chi connectivity index (χ3n) is 7.11. The highest BCUT2D eigenvalue weighted by Gasteiger charge is 2.29. The first-order valence-electron chi connectivity index (χ1n) is 16.6. The Labute approximate surface area is 298 Å². The average molecular weight is 734 g/mol. The molecule has 18 heteroatoms. The van der Waals surface area contributed by atoms with E-state index in [1.165, 1.54) is 18.2 Å². The molecule has 0 fully saturated rings. The average Bonchev–Trinajstić information content (AvgIpc) is 3.06. The summed E-state index contributed by atoms with van der Waals surface area (Å²) in [4.78, 5) is 49.6. The second kappa shape index (κ2) is 18.1. The number of benzene rings is 2. The van der Waals surface area contributed by atoms with E-state index in [0.29, 0.717) is 24.5 Å². The number of nitrogens with one attached hydrogen (secondary N) is 4. The molecule has 2 amide bonds. The predicted molar refractivity (Wildman–Crippen MR) is 182 cm³/mol. The molecule has 0 saturated carbocycles. The van der Waals surface area contributed by atoms with E-state index in [4.69, 9.17) is 18.9 Å². The van der Waals surface area contributed by atoms with Crippen molar-refractivity contribution in [3.05, 3.63) is 53.6 Å². The zero-order chi connectivity index (χ0) is 37.7. The molecule has 2 aliphatic rings. The van der Waals surface area contributed by atoms with E-state index in [2.05, 4.69) is 36.2 Å². The Bertz CT molecular complexity index is 1670. The number of ether oxygens (including phenoxy) is 4. The van der Waals surface area contributed by atoms with Crippen LogP contribution >= 0.6 is 0 Å². The minimum atomic E-state index is -4.64. The molecule has 282 valence electrons. The summed E-state index contributed by atoms with van der Waals surface area (Å²) in [5.74, 6) is -1.55. The number of fused-ring (bicyclic) bond motifs is 10. The smallest absolute Gasteiger partial charge is 0.422 e. The molecular formula is C34H42F3N7O8. The summed E-state index contributed by atoms with van der Waals surface area (Å²) in [6.45, 7) is 4.27. The van der Waals surface area contributed by atoms with Crippen molar-refractivity contribution in [3.8, 4) is 17.5 Å². The molecule has 6 bridgehead atoms. The second-order valence-corrected chi connectivity index (χ2v) is 12.7. The molecule has 2 aromatic carbocycles. The maximum absolute atomic E-state index is 13.4. The number of amides is 2. The second-order valence-electron chi connectivity index (χ2n) is 12.7. The van der Waals surface area contributed by atoms with Gasteiger partial charge >= 0.3 is 24.2 Å².